The van der Waals surface area contributed by atoms with Gasteiger partial charge in [-0.25, -0.2) is 0 Å². The van der Waals surface area contributed by atoms with E-state index < -0.39 is 63.8 Å². The molecule has 0 bridgehead atoms. The summed E-state index contributed by atoms with van der Waals surface area (Å²) < 4.78 is 178. The van der Waals surface area contributed by atoms with Gasteiger partial charge in [-0.3, -0.25) is 0 Å². The van der Waals surface area contributed by atoms with Gasteiger partial charge in [-0.05, 0) is 29.7 Å². The van der Waals surface area contributed by atoms with Crippen LogP contribution in [0.15, 0.2) is 36.4 Å². The second-order valence-electron chi connectivity index (χ2n) is 9.49. The molecule has 0 aliphatic carbocycles. The summed E-state index contributed by atoms with van der Waals surface area (Å²) in [5.41, 5.74) is -5.16. The normalized spacial score (nSPS) is 14.8. The van der Waals surface area contributed by atoms with Gasteiger partial charge in [0.1, 0.15) is 22.5 Å². The molecule has 3 rings (SSSR count). The average Bonchev–Trinajstić information content (AvgIpc) is 3.21. The third-order valence-corrected chi connectivity index (χ3v) is 5.70. The highest BCUT2D eigenvalue weighted by molar-refractivity contribution is 5.74. The van der Waals surface area contributed by atoms with Crippen LogP contribution in [0.1, 0.15) is 31.9 Å². The second kappa shape index (κ2) is 8.61. The summed E-state index contributed by atoms with van der Waals surface area (Å²) in [7, 11) is 0. The second-order valence-corrected chi connectivity index (χ2v) is 9.49. The Labute approximate surface area is 210 Å². The number of halogens is 13. The highest BCUT2D eigenvalue weighted by Crippen LogP contribution is 2.62. The van der Waals surface area contributed by atoms with E-state index in [1.54, 1.807) is 0 Å². The lowest BCUT2D eigenvalue weighted by atomic mass is 9.82. The fraction of sp³-hybridized carbons (Fsp3) is 0.455. The van der Waals surface area contributed by atoms with Crippen LogP contribution in [0.4, 0.5) is 57.1 Å². The van der Waals surface area contributed by atoms with Crippen LogP contribution in [0.5, 0.6) is 5.75 Å². The first kappa shape index (κ1) is 30.3. The van der Waals surface area contributed by atoms with E-state index in [4.69, 9.17) is 0 Å². The van der Waals surface area contributed by atoms with Crippen molar-refractivity contribution in [2.24, 2.45) is 0 Å². The first-order chi connectivity index (χ1) is 17.3. The van der Waals surface area contributed by atoms with Crippen molar-refractivity contribution < 1.29 is 62.2 Å². The van der Waals surface area contributed by atoms with Crippen LogP contribution < -0.4 is 0 Å². The highest BCUT2D eigenvalue weighted by Gasteiger charge is 2.90. The first-order valence-electron chi connectivity index (χ1n) is 10.5. The zero-order chi connectivity index (χ0) is 30.2. The third-order valence-electron chi connectivity index (χ3n) is 5.70. The molecule has 0 atom stereocenters. The Morgan fingerprint density at radius 2 is 1.08 bits per heavy atom. The third kappa shape index (κ3) is 4.33. The molecule has 0 aliphatic rings. The van der Waals surface area contributed by atoms with E-state index in [1.807, 2.05) is 0 Å². The maximum absolute atomic E-state index is 15.0. The number of rotatable bonds is 6. The molecular weight excluding hydrogens is 569 g/mol. The summed E-state index contributed by atoms with van der Waals surface area (Å²) >= 11 is 0. The van der Waals surface area contributed by atoms with Crippen LogP contribution in [0, 0.1) is 0 Å². The van der Waals surface area contributed by atoms with Crippen molar-refractivity contribution in [2.75, 3.05) is 0 Å². The Bertz CT molecular complexity index is 1360. The van der Waals surface area contributed by atoms with Gasteiger partial charge in [0.05, 0.1) is 0 Å². The predicted molar refractivity (Wildman–Crippen MR) is 109 cm³/mol. The molecule has 216 valence electrons. The molecule has 0 saturated heterocycles. The lowest BCUT2D eigenvalue weighted by Crippen LogP contribution is -2.69. The lowest BCUT2D eigenvalue weighted by molar-refractivity contribution is -0.441. The molecule has 0 saturated carbocycles. The number of hydrogen-bond acceptors (Lipinski definition) is 3. The summed E-state index contributed by atoms with van der Waals surface area (Å²) in [5, 5.41) is 18.3. The fourth-order valence-corrected chi connectivity index (χ4v) is 3.44. The van der Waals surface area contributed by atoms with E-state index in [-0.39, 0.29) is 23.2 Å². The number of aromatic nitrogens is 3. The minimum atomic E-state index is -8.03. The van der Waals surface area contributed by atoms with E-state index in [1.165, 1.54) is 45.0 Å². The SMILES string of the molecule is CC(C)(C)c1cc(C(F)(F)C(F)(F)C(F)(F)C(F)(F)C(F)(F)C(F)(F)F)cc(-n2nc3ccccc3n2)c1O. The molecule has 1 aromatic heterocycles. The quantitative estimate of drug-likeness (QED) is 0.303. The van der Waals surface area contributed by atoms with Crippen molar-refractivity contribution in [1.29, 1.82) is 0 Å². The van der Waals surface area contributed by atoms with E-state index in [2.05, 4.69) is 10.2 Å². The van der Waals surface area contributed by atoms with Gasteiger partial charge in [-0.15, -0.1) is 15.0 Å². The number of phenols is 1. The molecule has 3 aromatic rings. The number of nitrogens with zero attached hydrogens (tertiary/aromatic N) is 3. The molecule has 0 unspecified atom stereocenters. The van der Waals surface area contributed by atoms with E-state index >= 15 is 8.78 Å². The van der Waals surface area contributed by atoms with Gasteiger partial charge in [0, 0.05) is 11.1 Å². The maximum atomic E-state index is 15.0. The minimum absolute atomic E-state index is 0.00603. The molecule has 39 heavy (non-hydrogen) atoms. The van der Waals surface area contributed by atoms with Gasteiger partial charge >= 0.3 is 35.8 Å². The molecule has 0 aliphatic heterocycles. The zero-order valence-electron chi connectivity index (χ0n) is 19.7. The van der Waals surface area contributed by atoms with Crippen molar-refractivity contribution in [1.82, 2.24) is 15.0 Å². The van der Waals surface area contributed by atoms with E-state index in [9.17, 15) is 53.4 Å². The van der Waals surface area contributed by atoms with Crippen LogP contribution in [0.2, 0.25) is 0 Å². The largest absolute Gasteiger partial charge is 0.505 e. The first-order valence-corrected chi connectivity index (χ1v) is 10.5. The summed E-state index contributed by atoms with van der Waals surface area (Å²) in [4.78, 5) is 0.428. The molecule has 0 amide bonds. The van der Waals surface area contributed by atoms with Gasteiger partial charge in [0.15, 0.2) is 0 Å². The predicted octanol–water partition coefficient (Wildman–Crippen LogP) is 7.62. The summed E-state index contributed by atoms with van der Waals surface area (Å²) in [6, 6.07) is 5.49. The van der Waals surface area contributed by atoms with Crippen molar-refractivity contribution in [2.45, 2.75) is 62.0 Å². The lowest BCUT2D eigenvalue weighted by Gasteiger charge is -2.40. The number of fused-ring (bicyclic) bond motifs is 1. The molecule has 0 radical (unpaired) electrons. The van der Waals surface area contributed by atoms with Crippen LogP contribution >= 0.6 is 0 Å². The summed E-state index contributed by atoms with van der Waals surface area (Å²) in [5.74, 6) is -38.8. The highest BCUT2D eigenvalue weighted by atomic mass is 19.4. The zero-order valence-corrected chi connectivity index (χ0v) is 19.7. The van der Waals surface area contributed by atoms with Crippen molar-refractivity contribution >= 4 is 11.0 Å². The maximum Gasteiger partial charge on any atom is 0.460 e. The standard InChI is InChI=1S/C22H16F13N3O/c1-16(2,3)11-8-10(9-14(15(11)39)38-36-12-6-4-5-7-13(12)37-38)17(23,24)18(25,26)19(27,28)20(29,30)21(31,32)22(33,34)35/h4-9,39H,1-3H3. The number of alkyl halides is 13. The topological polar surface area (TPSA) is 50.9 Å². The Kier molecular flexibility index (Phi) is 6.69. The van der Waals surface area contributed by atoms with Crippen molar-refractivity contribution in [3.63, 3.8) is 0 Å². The van der Waals surface area contributed by atoms with Crippen molar-refractivity contribution in [3.05, 3.63) is 47.5 Å². The van der Waals surface area contributed by atoms with Gasteiger partial charge in [0.25, 0.3) is 0 Å². The van der Waals surface area contributed by atoms with Crippen molar-refractivity contribution in [3.8, 4) is 11.4 Å². The van der Waals surface area contributed by atoms with Crippen LogP contribution in [-0.2, 0) is 11.3 Å². The monoisotopic (exact) mass is 585 g/mol. The van der Waals surface area contributed by atoms with Gasteiger partial charge in [-0.1, -0.05) is 32.9 Å². The Morgan fingerprint density at radius 1 is 0.641 bits per heavy atom. The van der Waals surface area contributed by atoms with E-state index in [0.29, 0.717) is 4.80 Å². The van der Waals surface area contributed by atoms with E-state index in [0.717, 1.165) is 0 Å². The average molecular weight is 585 g/mol. The smallest absolute Gasteiger partial charge is 0.460 e. The van der Waals surface area contributed by atoms with Gasteiger partial charge < -0.3 is 5.11 Å². The molecule has 17 heteroatoms. The summed E-state index contributed by atoms with van der Waals surface area (Å²) in [6.45, 7) is 3.68. The van der Waals surface area contributed by atoms with Gasteiger partial charge in [0.2, 0.25) is 0 Å². The molecule has 4 nitrogen and oxygen atoms in total. The number of phenolic OH excluding ortho intramolecular Hbond substituents is 1. The Balaban J connectivity index is 2.30. The number of hydrogen-bond donors (Lipinski definition) is 1. The van der Waals surface area contributed by atoms with Crippen LogP contribution in [0.25, 0.3) is 16.7 Å². The Morgan fingerprint density at radius 3 is 1.49 bits per heavy atom. The van der Waals surface area contributed by atoms with Gasteiger partial charge in [-0.2, -0.15) is 57.1 Å². The van der Waals surface area contributed by atoms with Crippen LogP contribution in [0.3, 0.4) is 0 Å². The molecule has 0 spiro atoms. The molecule has 2 aromatic carbocycles. The molecular formula is C22H16F13N3O. The molecule has 0 fully saturated rings. The summed E-state index contributed by atoms with van der Waals surface area (Å²) in [6.07, 6.45) is -7.51. The van der Waals surface area contributed by atoms with Crippen LogP contribution in [-0.4, -0.2) is 50.0 Å². The minimum Gasteiger partial charge on any atom is -0.505 e. The Hall–Kier alpha value is -3.27. The molecule has 1 heterocycles. The fourth-order valence-electron chi connectivity index (χ4n) is 3.44. The number of benzene rings is 2. The molecule has 1 N–H and O–H groups in total. The number of aromatic hydroxyl groups is 1.